The minimum Gasteiger partial charge on any atom is -0.463 e. The molecule has 0 N–H and O–H groups in total. The third-order valence-electron chi connectivity index (χ3n) is 0.691. The second-order valence-electron chi connectivity index (χ2n) is 1.52. The van der Waals surface area contributed by atoms with Crippen LogP contribution in [0.3, 0.4) is 0 Å². The zero-order chi connectivity index (χ0) is 7.11. The minimum atomic E-state index is -0.291. The molecule has 2 nitrogen and oxygen atoms in total. The molecule has 0 heterocycles. The van der Waals surface area contributed by atoms with Crippen molar-refractivity contribution in [1.82, 2.24) is 0 Å². The fourth-order valence-electron chi connectivity index (χ4n) is 0.357. The van der Waals surface area contributed by atoms with Gasteiger partial charge in [0.1, 0.15) is 0 Å². The summed E-state index contributed by atoms with van der Waals surface area (Å²) in [6.07, 6.45) is 3.66. The standard InChI is InChI=1S/C7H11O2/c1-3-5-7(8)9-6-4-2/h3,5H,2,4,6H2,1H3/b5-3-. The summed E-state index contributed by atoms with van der Waals surface area (Å²) in [6, 6.07) is 0. The predicted octanol–water partition coefficient (Wildman–Crippen LogP) is 1.33. The summed E-state index contributed by atoms with van der Waals surface area (Å²) < 4.78 is 4.64. The highest BCUT2D eigenvalue weighted by atomic mass is 16.5. The molecule has 0 amide bonds. The Kier molecular flexibility index (Phi) is 4.88. The second-order valence-corrected chi connectivity index (χ2v) is 1.52. The Balaban J connectivity index is 3.27. The fraction of sp³-hybridized carbons (Fsp3) is 0.429. The third-order valence-corrected chi connectivity index (χ3v) is 0.691. The maximum Gasteiger partial charge on any atom is 0.330 e. The lowest BCUT2D eigenvalue weighted by Crippen LogP contribution is -2.00. The van der Waals surface area contributed by atoms with Gasteiger partial charge in [-0.1, -0.05) is 6.08 Å². The van der Waals surface area contributed by atoms with Gasteiger partial charge in [-0.25, -0.2) is 4.79 Å². The first kappa shape index (κ1) is 8.21. The first-order valence-electron chi connectivity index (χ1n) is 2.90. The van der Waals surface area contributed by atoms with Gasteiger partial charge in [0, 0.05) is 6.08 Å². The average Bonchev–Trinajstić information content (AvgIpc) is 1.85. The molecule has 0 aromatic carbocycles. The van der Waals surface area contributed by atoms with Crippen molar-refractivity contribution >= 4 is 5.97 Å². The number of allylic oxidation sites excluding steroid dienone is 1. The van der Waals surface area contributed by atoms with E-state index in [4.69, 9.17) is 0 Å². The van der Waals surface area contributed by atoms with Crippen LogP contribution in [0.4, 0.5) is 0 Å². The highest BCUT2D eigenvalue weighted by molar-refractivity contribution is 5.81. The number of carbonyl (C=O) groups excluding carboxylic acids is 1. The Bertz CT molecular complexity index is 105. The summed E-state index contributed by atoms with van der Waals surface area (Å²) in [5, 5.41) is 0. The lowest BCUT2D eigenvalue weighted by Gasteiger charge is -1.95. The van der Waals surface area contributed by atoms with E-state index in [0.717, 1.165) is 0 Å². The van der Waals surface area contributed by atoms with E-state index in [1.165, 1.54) is 6.08 Å². The van der Waals surface area contributed by atoms with Gasteiger partial charge in [0.2, 0.25) is 0 Å². The van der Waals surface area contributed by atoms with Crippen molar-refractivity contribution < 1.29 is 9.53 Å². The van der Waals surface area contributed by atoms with E-state index in [1.807, 2.05) is 0 Å². The van der Waals surface area contributed by atoms with E-state index in [9.17, 15) is 4.79 Å². The van der Waals surface area contributed by atoms with E-state index in [2.05, 4.69) is 11.7 Å². The maximum absolute atomic E-state index is 10.5. The molecule has 0 aliphatic rings. The van der Waals surface area contributed by atoms with Gasteiger partial charge in [0.25, 0.3) is 0 Å². The largest absolute Gasteiger partial charge is 0.463 e. The van der Waals surface area contributed by atoms with Crippen LogP contribution in [-0.4, -0.2) is 12.6 Å². The van der Waals surface area contributed by atoms with Crippen molar-refractivity contribution in [1.29, 1.82) is 0 Å². The van der Waals surface area contributed by atoms with E-state index in [-0.39, 0.29) is 5.97 Å². The Morgan fingerprint density at radius 1 is 1.78 bits per heavy atom. The number of ether oxygens (including phenoxy) is 1. The van der Waals surface area contributed by atoms with Gasteiger partial charge in [-0.05, 0) is 20.3 Å². The van der Waals surface area contributed by atoms with E-state index in [1.54, 1.807) is 13.0 Å². The van der Waals surface area contributed by atoms with Crippen molar-refractivity contribution in [2.75, 3.05) is 6.61 Å². The highest BCUT2D eigenvalue weighted by Gasteiger charge is 1.90. The van der Waals surface area contributed by atoms with Crippen LogP contribution in [0.25, 0.3) is 0 Å². The molecule has 1 radical (unpaired) electrons. The Labute approximate surface area is 55.5 Å². The summed E-state index contributed by atoms with van der Waals surface area (Å²) in [6.45, 7) is 5.69. The SMILES string of the molecule is [CH2]CCOC(=O)/C=C\C. The maximum atomic E-state index is 10.5. The van der Waals surface area contributed by atoms with Crippen LogP contribution in [-0.2, 0) is 9.53 Å². The number of hydrogen-bond acceptors (Lipinski definition) is 2. The first-order chi connectivity index (χ1) is 4.31. The normalized spacial score (nSPS) is 10.0. The fourth-order valence-corrected chi connectivity index (χ4v) is 0.357. The van der Waals surface area contributed by atoms with E-state index < -0.39 is 0 Å². The zero-order valence-corrected chi connectivity index (χ0v) is 5.59. The molecule has 51 valence electrons. The summed E-state index contributed by atoms with van der Waals surface area (Å²) >= 11 is 0. The average molecular weight is 127 g/mol. The lowest BCUT2D eigenvalue weighted by molar-refractivity contribution is -0.137. The molecule has 0 spiro atoms. The summed E-state index contributed by atoms with van der Waals surface area (Å²) in [5.41, 5.74) is 0. The topological polar surface area (TPSA) is 26.3 Å². The van der Waals surface area contributed by atoms with Crippen molar-refractivity contribution in [3.05, 3.63) is 19.1 Å². The van der Waals surface area contributed by atoms with Crippen LogP contribution in [0.15, 0.2) is 12.2 Å². The molecule has 0 aromatic rings. The molecule has 9 heavy (non-hydrogen) atoms. The van der Waals surface area contributed by atoms with Gasteiger partial charge in [-0.15, -0.1) is 0 Å². The van der Waals surface area contributed by atoms with Crippen molar-refractivity contribution in [3.8, 4) is 0 Å². The molecule has 2 heteroatoms. The van der Waals surface area contributed by atoms with Gasteiger partial charge in [0.05, 0.1) is 6.61 Å². The number of hydrogen-bond donors (Lipinski definition) is 0. The molecular weight excluding hydrogens is 116 g/mol. The Hall–Kier alpha value is -0.790. The molecule has 0 unspecified atom stereocenters. The van der Waals surface area contributed by atoms with Crippen LogP contribution in [0.5, 0.6) is 0 Å². The van der Waals surface area contributed by atoms with Gasteiger partial charge in [0.15, 0.2) is 0 Å². The van der Waals surface area contributed by atoms with Crippen LogP contribution in [0, 0.1) is 6.92 Å². The molecule has 0 fully saturated rings. The van der Waals surface area contributed by atoms with Crippen LogP contribution < -0.4 is 0 Å². The van der Waals surface area contributed by atoms with Crippen molar-refractivity contribution in [2.45, 2.75) is 13.3 Å². The number of esters is 1. The van der Waals surface area contributed by atoms with E-state index >= 15 is 0 Å². The quantitative estimate of drug-likeness (QED) is 0.422. The summed E-state index contributed by atoms with van der Waals surface area (Å²) in [4.78, 5) is 10.5. The Morgan fingerprint density at radius 2 is 2.44 bits per heavy atom. The summed E-state index contributed by atoms with van der Waals surface area (Å²) in [7, 11) is 0. The van der Waals surface area contributed by atoms with Gasteiger partial charge in [-0.3, -0.25) is 0 Å². The molecule has 0 saturated carbocycles. The molecule has 0 bridgehead atoms. The minimum absolute atomic E-state index is 0.291. The second kappa shape index (κ2) is 5.35. The molecule has 0 saturated heterocycles. The Morgan fingerprint density at radius 3 is 2.89 bits per heavy atom. The van der Waals surface area contributed by atoms with Crippen LogP contribution in [0.2, 0.25) is 0 Å². The third kappa shape index (κ3) is 5.07. The van der Waals surface area contributed by atoms with Crippen molar-refractivity contribution in [2.24, 2.45) is 0 Å². The molecule has 0 aliphatic carbocycles. The zero-order valence-electron chi connectivity index (χ0n) is 5.59. The lowest BCUT2D eigenvalue weighted by atomic mass is 10.5. The molecule has 0 aromatic heterocycles. The molecule has 0 aliphatic heterocycles. The number of carbonyl (C=O) groups is 1. The summed E-state index contributed by atoms with van der Waals surface area (Å²) in [5.74, 6) is -0.291. The van der Waals surface area contributed by atoms with Crippen molar-refractivity contribution in [3.63, 3.8) is 0 Å². The monoisotopic (exact) mass is 127 g/mol. The number of rotatable bonds is 3. The molecule has 0 atom stereocenters. The smallest absolute Gasteiger partial charge is 0.330 e. The molecular formula is C7H11O2. The molecule has 0 rings (SSSR count). The first-order valence-corrected chi connectivity index (χ1v) is 2.90. The predicted molar refractivity (Wildman–Crippen MR) is 35.7 cm³/mol. The van der Waals surface area contributed by atoms with Crippen LogP contribution >= 0.6 is 0 Å². The van der Waals surface area contributed by atoms with Crippen LogP contribution in [0.1, 0.15) is 13.3 Å². The van der Waals surface area contributed by atoms with E-state index in [0.29, 0.717) is 13.0 Å². The van der Waals surface area contributed by atoms with Gasteiger partial charge >= 0.3 is 5.97 Å². The van der Waals surface area contributed by atoms with Gasteiger partial charge < -0.3 is 4.74 Å². The van der Waals surface area contributed by atoms with Gasteiger partial charge in [-0.2, -0.15) is 0 Å². The highest BCUT2D eigenvalue weighted by Crippen LogP contribution is 1.82.